The molecule has 1 aliphatic heterocycles. The molecule has 122 valence electrons. The number of halogens is 1. The maximum absolute atomic E-state index is 13.0. The zero-order valence-corrected chi connectivity index (χ0v) is 12.9. The van der Waals surface area contributed by atoms with Crippen molar-refractivity contribution >= 4 is 6.09 Å². The van der Waals surface area contributed by atoms with Crippen LogP contribution in [0, 0.1) is 5.82 Å². The summed E-state index contributed by atoms with van der Waals surface area (Å²) in [6, 6.07) is 5.89. The third-order valence-corrected chi connectivity index (χ3v) is 3.83. The van der Waals surface area contributed by atoms with Crippen LogP contribution in [0.4, 0.5) is 9.18 Å². The first-order chi connectivity index (χ1) is 11.2. The molecule has 0 bridgehead atoms. The van der Waals surface area contributed by atoms with Crippen LogP contribution in [0.2, 0.25) is 0 Å². The van der Waals surface area contributed by atoms with Gasteiger partial charge in [-0.3, -0.25) is 0 Å². The monoisotopic (exact) mass is 319 g/mol. The highest BCUT2D eigenvalue weighted by molar-refractivity contribution is 5.67. The number of carbonyl (C=O) groups excluding carboxylic acids is 1. The molecule has 1 aromatic carbocycles. The smallest absolute Gasteiger partial charge is 0.409 e. The van der Waals surface area contributed by atoms with Crippen molar-refractivity contribution in [3.05, 3.63) is 36.0 Å². The molecular formula is C16H18FN3O3. The lowest BCUT2D eigenvalue weighted by molar-refractivity contribution is 0.0937. The molecule has 0 spiro atoms. The third-order valence-electron chi connectivity index (χ3n) is 3.83. The number of nitrogens with zero attached hydrogens (tertiary/aromatic N) is 3. The Hall–Kier alpha value is -2.44. The number of benzene rings is 1. The summed E-state index contributed by atoms with van der Waals surface area (Å²) in [5.41, 5.74) is 0.670. The zero-order chi connectivity index (χ0) is 16.2. The molecule has 0 saturated carbocycles. The van der Waals surface area contributed by atoms with Gasteiger partial charge in [-0.15, -0.1) is 10.2 Å². The Kier molecular flexibility index (Phi) is 4.55. The van der Waals surface area contributed by atoms with Crippen molar-refractivity contribution in [2.45, 2.75) is 25.7 Å². The molecule has 23 heavy (non-hydrogen) atoms. The van der Waals surface area contributed by atoms with E-state index in [0.717, 1.165) is 12.8 Å². The van der Waals surface area contributed by atoms with E-state index in [4.69, 9.17) is 9.15 Å². The minimum absolute atomic E-state index is 0.00476. The Labute approximate surface area is 133 Å². The highest BCUT2D eigenvalue weighted by Crippen LogP contribution is 2.28. The number of likely N-dealkylation sites (tertiary alicyclic amines) is 1. The van der Waals surface area contributed by atoms with Gasteiger partial charge >= 0.3 is 6.09 Å². The molecule has 7 heteroatoms. The number of hydrogen-bond acceptors (Lipinski definition) is 5. The molecule has 1 fully saturated rings. The molecule has 1 aromatic heterocycles. The lowest BCUT2D eigenvalue weighted by Gasteiger charge is -2.30. The topological polar surface area (TPSA) is 68.5 Å². The van der Waals surface area contributed by atoms with Crippen LogP contribution in [-0.4, -0.2) is 40.9 Å². The Morgan fingerprint density at radius 3 is 2.91 bits per heavy atom. The van der Waals surface area contributed by atoms with Crippen molar-refractivity contribution in [3.8, 4) is 11.5 Å². The van der Waals surface area contributed by atoms with Gasteiger partial charge in [0, 0.05) is 18.7 Å². The average molecular weight is 319 g/mol. The van der Waals surface area contributed by atoms with Crippen LogP contribution in [0.5, 0.6) is 0 Å². The van der Waals surface area contributed by atoms with Gasteiger partial charge in [-0.1, -0.05) is 0 Å². The summed E-state index contributed by atoms with van der Waals surface area (Å²) in [6.45, 7) is 3.32. The molecule has 1 saturated heterocycles. The normalized spacial score (nSPS) is 18.0. The Morgan fingerprint density at radius 1 is 1.39 bits per heavy atom. The fourth-order valence-electron chi connectivity index (χ4n) is 2.67. The van der Waals surface area contributed by atoms with Crippen molar-refractivity contribution in [2.24, 2.45) is 0 Å². The van der Waals surface area contributed by atoms with Gasteiger partial charge in [0.2, 0.25) is 11.8 Å². The SMILES string of the molecule is CCOC(=O)N1CCCC(c2nnc(-c3ccc(F)cc3)o2)C1. The Morgan fingerprint density at radius 2 is 2.17 bits per heavy atom. The predicted octanol–water partition coefficient (Wildman–Crippen LogP) is 3.21. The van der Waals surface area contributed by atoms with E-state index in [1.54, 1.807) is 24.0 Å². The molecule has 0 aliphatic carbocycles. The van der Waals surface area contributed by atoms with Crippen molar-refractivity contribution in [1.82, 2.24) is 15.1 Å². The maximum Gasteiger partial charge on any atom is 0.409 e. The molecule has 1 aliphatic rings. The van der Waals surface area contributed by atoms with E-state index >= 15 is 0 Å². The number of amides is 1. The van der Waals surface area contributed by atoms with Crippen LogP contribution in [0.3, 0.4) is 0 Å². The summed E-state index contributed by atoms with van der Waals surface area (Å²) in [6.07, 6.45) is 1.43. The predicted molar refractivity (Wildman–Crippen MR) is 80.3 cm³/mol. The Balaban J connectivity index is 1.72. The Bertz CT molecular complexity index is 671. The lowest BCUT2D eigenvalue weighted by Crippen LogP contribution is -2.39. The highest BCUT2D eigenvalue weighted by Gasteiger charge is 2.29. The van der Waals surface area contributed by atoms with Gasteiger partial charge in [0.15, 0.2) is 0 Å². The molecular weight excluding hydrogens is 301 g/mol. The van der Waals surface area contributed by atoms with Gasteiger partial charge < -0.3 is 14.1 Å². The molecule has 1 amide bonds. The second kappa shape index (κ2) is 6.76. The molecule has 0 N–H and O–H groups in total. The first-order valence-corrected chi connectivity index (χ1v) is 7.68. The minimum Gasteiger partial charge on any atom is -0.450 e. The van der Waals surface area contributed by atoms with Crippen LogP contribution in [0.25, 0.3) is 11.5 Å². The van der Waals surface area contributed by atoms with Gasteiger partial charge in [0.25, 0.3) is 0 Å². The van der Waals surface area contributed by atoms with Crippen LogP contribution >= 0.6 is 0 Å². The molecule has 1 atom stereocenters. The number of rotatable bonds is 3. The van der Waals surface area contributed by atoms with Gasteiger partial charge in [-0.25, -0.2) is 9.18 Å². The van der Waals surface area contributed by atoms with E-state index in [9.17, 15) is 9.18 Å². The number of carbonyl (C=O) groups is 1. The van der Waals surface area contributed by atoms with Crippen LogP contribution in [0.15, 0.2) is 28.7 Å². The summed E-state index contributed by atoms with van der Waals surface area (Å²) >= 11 is 0. The van der Waals surface area contributed by atoms with Gasteiger partial charge in [-0.05, 0) is 44.0 Å². The van der Waals surface area contributed by atoms with Gasteiger partial charge in [0.05, 0.1) is 12.5 Å². The van der Waals surface area contributed by atoms with Crippen molar-refractivity contribution in [3.63, 3.8) is 0 Å². The molecule has 0 radical (unpaired) electrons. The highest BCUT2D eigenvalue weighted by atomic mass is 19.1. The summed E-state index contributed by atoms with van der Waals surface area (Å²) in [5, 5.41) is 8.11. The average Bonchev–Trinajstić information content (AvgIpc) is 3.06. The van der Waals surface area contributed by atoms with Crippen molar-refractivity contribution < 1.29 is 18.3 Å². The zero-order valence-electron chi connectivity index (χ0n) is 12.9. The fourth-order valence-corrected chi connectivity index (χ4v) is 2.67. The van der Waals surface area contributed by atoms with Crippen molar-refractivity contribution in [1.29, 1.82) is 0 Å². The first kappa shape index (κ1) is 15.5. The number of ether oxygens (including phenoxy) is 1. The standard InChI is InChI=1S/C16H18FN3O3/c1-2-22-16(21)20-9-3-4-12(10-20)15-19-18-14(23-15)11-5-7-13(17)8-6-11/h5-8,12H,2-4,9-10H2,1H3. The quantitative estimate of drug-likeness (QED) is 0.869. The minimum atomic E-state index is -0.314. The molecule has 1 unspecified atom stereocenters. The van der Waals surface area contributed by atoms with Gasteiger partial charge in [-0.2, -0.15) is 0 Å². The molecule has 3 rings (SSSR count). The van der Waals surface area contributed by atoms with E-state index < -0.39 is 0 Å². The number of hydrogen-bond donors (Lipinski definition) is 0. The number of aromatic nitrogens is 2. The lowest BCUT2D eigenvalue weighted by atomic mass is 9.98. The summed E-state index contributed by atoms with van der Waals surface area (Å²) < 4.78 is 23.7. The summed E-state index contributed by atoms with van der Waals surface area (Å²) in [5.74, 6) is 0.535. The van der Waals surface area contributed by atoms with E-state index in [-0.39, 0.29) is 17.8 Å². The molecule has 2 heterocycles. The first-order valence-electron chi connectivity index (χ1n) is 7.68. The fraction of sp³-hybridized carbons (Fsp3) is 0.438. The molecule has 6 nitrogen and oxygen atoms in total. The number of piperidine rings is 1. The summed E-state index contributed by atoms with van der Waals surface area (Å²) in [4.78, 5) is 13.5. The van der Waals surface area contributed by atoms with E-state index in [1.807, 2.05) is 0 Å². The van der Waals surface area contributed by atoms with E-state index in [0.29, 0.717) is 37.0 Å². The second-order valence-corrected chi connectivity index (χ2v) is 5.44. The third kappa shape index (κ3) is 3.49. The van der Waals surface area contributed by atoms with Crippen LogP contribution in [-0.2, 0) is 4.74 Å². The summed E-state index contributed by atoms with van der Waals surface area (Å²) in [7, 11) is 0. The second-order valence-electron chi connectivity index (χ2n) is 5.44. The maximum atomic E-state index is 13.0. The van der Waals surface area contributed by atoms with Gasteiger partial charge in [0.1, 0.15) is 5.82 Å². The van der Waals surface area contributed by atoms with Crippen molar-refractivity contribution in [2.75, 3.05) is 19.7 Å². The van der Waals surface area contributed by atoms with Crippen LogP contribution in [0.1, 0.15) is 31.6 Å². The largest absolute Gasteiger partial charge is 0.450 e. The van der Waals surface area contributed by atoms with Crippen LogP contribution < -0.4 is 0 Å². The molecule has 2 aromatic rings. The van der Waals surface area contributed by atoms with E-state index in [2.05, 4.69) is 10.2 Å². The van der Waals surface area contributed by atoms with E-state index in [1.165, 1.54) is 12.1 Å².